The first kappa shape index (κ1) is 15.6. The first-order chi connectivity index (χ1) is 8.74. The summed E-state index contributed by atoms with van der Waals surface area (Å²) in [5.74, 6) is -2.24. The molecule has 0 heterocycles. The zero-order valence-electron chi connectivity index (χ0n) is 11.5. The van der Waals surface area contributed by atoms with Gasteiger partial charge < -0.3 is 11.1 Å². The van der Waals surface area contributed by atoms with Gasteiger partial charge in [-0.25, -0.2) is 8.78 Å². The van der Waals surface area contributed by atoms with Gasteiger partial charge in [-0.05, 0) is 39.3 Å². The standard InChI is InChI=1S/C14H20F2N2O/c1-14(2,3)18-13(19)9(8-17)7-10-11(15)5-4-6-12(10)16/h4-6,9H,7-8,17H2,1-3H3,(H,18,19). The van der Waals surface area contributed by atoms with E-state index in [1.165, 1.54) is 18.2 Å². The Kier molecular flexibility index (Phi) is 5.00. The molecule has 1 atom stereocenters. The van der Waals surface area contributed by atoms with Crippen LogP contribution in [0.15, 0.2) is 18.2 Å². The van der Waals surface area contributed by atoms with Crippen LogP contribution in [-0.4, -0.2) is 18.0 Å². The van der Waals surface area contributed by atoms with Crippen LogP contribution < -0.4 is 11.1 Å². The number of benzene rings is 1. The highest BCUT2D eigenvalue weighted by atomic mass is 19.1. The Balaban J connectivity index is 2.85. The van der Waals surface area contributed by atoms with Crippen LogP contribution in [-0.2, 0) is 11.2 Å². The van der Waals surface area contributed by atoms with Crippen molar-refractivity contribution in [3.63, 3.8) is 0 Å². The van der Waals surface area contributed by atoms with Crippen molar-refractivity contribution in [3.8, 4) is 0 Å². The second-order valence-electron chi connectivity index (χ2n) is 5.58. The van der Waals surface area contributed by atoms with E-state index in [0.717, 1.165) is 0 Å². The lowest BCUT2D eigenvalue weighted by Crippen LogP contribution is -2.46. The minimum atomic E-state index is -0.651. The van der Waals surface area contributed by atoms with Crippen LogP contribution in [0.3, 0.4) is 0 Å². The Morgan fingerprint density at radius 2 is 1.84 bits per heavy atom. The molecule has 0 fully saturated rings. The second kappa shape index (κ2) is 6.10. The van der Waals surface area contributed by atoms with E-state index in [9.17, 15) is 13.6 Å². The van der Waals surface area contributed by atoms with Crippen LogP contribution in [0.1, 0.15) is 26.3 Å². The Morgan fingerprint density at radius 3 is 2.26 bits per heavy atom. The van der Waals surface area contributed by atoms with Gasteiger partial charge in [0.1, 0.15) is 11.6 Å². The maximum atomic E-state index is 13.5. The van der Waals surface area contributed by atoms with Gasteiger partial charge in [-0.2, -0.15) is 0 Å². The fraction of sp³-hybridized carbons (Fsp3) is 0.500. The third-order valence-electron chi connectivity index (χ3n) is 2.67. The Bertz CT molecular complexity index is 435. The average Bonchev–Trinajstić information content (AvgIpc) is 2.26. The number of hydrogen-bond donors (Lipinski definition) is 2. The predicted octanol–water partition coefficient (Wildman–Crippen LogP) is 2.00. The molecule has 0 aliphatic heterocycles. The molecular weight excluding hydrogens is 250 g/mol. The van der Waals surface area contributed by atoms with Crippen molar-refractivity contribution in [2.24, 2.45) is 11.7 Å². The molecule has 0 spiro atoms. The van der Waals surface area contributed by atoms with Gasteiger partial charge in [-0.15, -0.1) is 0 Å². The lowest BCUT2D eigenvalue weighted by atomic mass is 9.96. The first-order valence-corrected chi connectivity index (χ1v) is 6.19. The van der Waals surface area contributed by atoms with Crippen LogP contribution in [0.2, 0.25) is 0 Å². The van der Waals surface area contributed by atoms with Crippen LogP contribution in [0.25, 0.3) is 0 Å². The molecule has 1 aromatic rings. The number of rotatable bonds is 4. The predicted molar refractivity (Wildman–Crippen MR) is 70.5 cm³/mol. The molecule has 3 N–H and O–H groups in total. The molecule has 0 aromatic heterocycles. The maximum Gasteiger partial charge on any atom is 0.225 e. The van der Waals surface area contributed by atoms with Crippen LogP contribution in [0.5, 0.6) is 0 Å². The number of hydrogen-bond acceptors (Lipinski definition) is 2. The minimum absolute atomic E-state index is 0.0374. The number of nitrogens with one attached hydrogen (secondary N) is 1. The fourth-order valence-corrected chi connectivity index (χ4v) is 1.73. The van der Waals surface area contributed by atoms with Gasteiger partial charge in [0.05, 0.1) is 5.92 Å². The minimum Gasteiger partial charge on any atom is -0.351 e. The average molecular weight is 270 g/mol. The van der Waals surface area contributed by atoms with Gasteiger partial charge in [-0.1, -0.05) is 6.07 Å². The van der Waals surface area contributed by atoms with Crippen LogP contribution in [0, 0.1) is 17.6 Å². The van der Waals surface area contributed by atoms with Gasteiger partial charge in [-0.3, -0.25) is 4.79 Å². The van der Waals surface area contributed by atoms with Gasteiger partial charge in [0.2, 0.25) is 5.91 Å². The lowest BCUT2D eigenvalue weighted by molar-refractivity contribution is -0.126. The van der Waals surface area contributed by atoms with Gasteiger partial charge in [0, 0.05) is 17.6 Å². The monoisotopic (exact) mass is 270 g/mol. The summed E-state index contributed by atoms with van der Waals surface area (Å²) >= 11 is 0. The van der Waals surface area contributed by atoms with E-state index < -0.39 is 23.1 Å². The molecule has 1 aromatic carbocycles. The maximum absolute atomic E-state index is 13.5. The summed E-state index contributed by atoms with van der Waals surface area (Å²) in [6, 6.07) is 3.64. The molecule has 0 saturated carbocycles. The molecular formula is C14H20F2N2O. The quantitative estimate of drug-likeness (QED) is 0.879. The van der Waals surface area contributed by atoms with Gasteiger partial charge in [0.25, 0.3) is 0 Å². The fourth-order valence-electron chi connectivity index (χ4n) is 1.73. The highest BCUT2D eigenvalue weighted by Gasteiger charge is 2.24. The number of carbonyl (C=O) groups is 1. The van der Waals surface area contributed by atoms with Crippen molar-refractivity contribution < 1.29 is 13.6 Å². The number of carbonyl (C=O) groups excluding carboxylic acids is 1. The smallest absolute Gasteiger partial charge is 0.225 e. The topological polar surface area (TPSA) is 55.1 Å². The van der Waals surface area contributed by atoms with E-state index in [1.807, 2.05) is 20.8 Å². The van der Waals surface area contributed by atoms with Crippen molar-refractivity contribution in [2.45, 2.75) is 32.7 Å². The zero-order valence-corrected chi connectivity index (χ0v) is 11.5. The van der Waals surface area contributed by atoms with E-state index in [-0.39, 0.29) is 24.4 Å². The van der Waals surface area contributed by atoms with Gasteiger partial charge >= 0.3 is 0 Å². The summed E-state index contributed by atoms with van der Waals surface area (Å²) in [6.07, 6.45) is -0.0447. The number of nitrogens with two attached hydrogens (primary N) is 1. The summed E-state index contributed by atoms with van der Waals surface area (Å²) < 4.78 is 27.1. The third kappa shape index (κ3) is 4.59. The van der Waals surface area contributed by atoms with Crippen molar-refractivity contribution in [2.75, 3.05) is 6.54 Å². The summed E-state index contributed by atoms with van der Waals surface area (Å²) in [5, 5.41) is 2.77. The van der Waals surface area contributed by atoms with E-state index in [0.29, 0.717) is 0 Å². The summed E-state index contributed by atoms with van der Waals surface area (Å²) in [5.41, 5.74) is 5.03. The molecule has 1 rings (SSSR count). The van der Waals surface area contributed by atoms with Crippen molar-refractivity contribution in [1.82, 2.24) is 5.32 Å². The van der Waals surface area contributed by atoms with E-state index in [2.05, 4.69) is 5.32 Å². The molecule has 0 bridgehead atoms. The molecule has 0 radical (unpaired) electrons. The lowest BCUT2D eigenvalue weighted by Gasteiger charge is -2.24. The first-order valence-electron chi connectivity index (χ1n) is 6.19. The zero-order chi connectivity index (χ0) is 14.6. The van der Waals surface area contributed by atoms with E-state index in [4.69, 9.17) is 5.73 Å². The largest absolute Gasteiger partial charge is 0.351 e. The highest BCUT2D eigenvalue weighted by molar-refractivity contribution is 5.79. The van der Waals surface area contributed by atoms with Crippen LogP contribution >= 0.6 is 0 Å². The van der Waals surface area contributed by atoms with Crippen molar-refractivity contribution in [3.05, 3.63) is 35.4 Å². The van der Waals surface area contributed by atoms with E-state index in [1.54, 1.807) is 0 Å². The summed E-state index contributed by atoms with van der Waals surface area (Å²) in [4.78, 5) is 12.0. The molecule has 1 unspecified atom stereocenters. The molecule has 106 valence electrons. The third-order valence-corrected chi connectivity index (χ3v) is 2.67. The molecule has 1 amide bonds. The SMILES string of the molecule is CC(C)(C)NC(=O)C(CN)Cc1c(F)cccc1F. The Labute approximate surface area is 112 Å². The number of amides is 1. The molecule has 0 aliphatic carbocycles. The summed E-state index contributed by atoms with van der Waals surface area (Å²) in [7, 11) is 0. The summed E-state index contributed by atoms with van der Waals surface area (Å²) in [6.45, 7) is 5.54. The molecule has 0 saturated heterocycles. The molecule has 19 heavy (non-hydrogen) atoms. The van der Waals surface area contributed by atoms with Gasteiger partial charge in [0.15, 0.2) is 0 Å². The number of halogens is 2. The highest BCUT2D eigenvalue weighted by Crippen LogP contribution is 2.17. The molecule has 0 aliphatic rings. The second-order valence-corrected chi connectivity index (χ2v) is 5.58. The Morgan fingerprint density at radius 1 is 1.32 bits per heavy atom. The normalized spacial score (nSPS) is 13.2. The van der Waals surface area contributed by atoms with Crippen LogP contribution in [0.4, 0.5) is 8.78 Å². The molecule has 3 nitrogen and oxygen atoms in total. The molecule has 5 heteroatoms. The Hall–Kier alpha value is -1.49. The van der Waals surface area contributed by atoms with E-state index >= 15 is 0 Å². The van der Waals surface area contributed by atoms with Crippen molar-refractivity contribution in [1.29, 1.82) is 0 Å². The van der Waals surface area contributed by atoms with Crippen molar-refractivity contribution >= 4 is 5.91 Å².